The lowest BCUT2D eigenvalue weighted by molar-refractivity contribution is -0.135. The second-order valence-electron chi connectivity index (χ2n) is 3.53. The Hall–Kier alpha value is -1.89. The number of carboxylic acids is 1. The minimum absolute atomic E-state index is 0.249. The summed E-state index contributed by atoms with van der Waals surface area (Å²) in [5, 5.41) is 11.1. The number of benzene rings is 1. The fourth-order valence-corrected chi connectivity index (χ4v) is 1.42. The second-order valence-corrected chi connectivity index (χ2v) is 3.97. The number of alkyl halides is 2. The van der Waals surface area contributed by atoms with Gasteiger partial charge in [-0.2, -0.15) is 0 Å². The second kappa shape index (κ2) is 6.89. The predicted molar refractivity (Wildman–Crippen MR) is 65.8 cm³/mol. The molecule has 0 aliphatic rings. The zero-order valence-corrected chi connectivity index (χ0v) is 10.4. The zero-order valence-electron chi connectivity index (χ0n) is 9.65. The minimum Gasteiger partial charge on any atom is -0.480 e. The Kier molecular flexibility index (Phi) is 5.50. The lowest BCUT2D eigenvalue weighted by Gasteiger charge is -2.21. The molecule has 0 unspecified atom stereocenters. The number of anilines is 1. The molecule has 0 atom stereocenters. The summed E-state index contributed by atoms with van der Waals surface area (Å²) in [6, 6.07) is 4.86. The average Bonchev–Trinajstić information content (AvgIpc) is 2.34. The maximum absolute atomic E-state index is 12.0. The Morgan fingerprint density at radius 3 is 2.37 bits per heavy atom. The maximum atomic E-state index is 12.0. The van der Waals surface area contributed by atoms with Gasteiger partial charge in [-0.05, 0) is 24.3 Å². The van der Waals surface area contributed by atoms with Crippen LogP contribution in [-0.4, -0.2) is 36.6 Å². The predicted octanol–water partition coefficient (Wildman–Crippen LogP) is 2.21. The number of nitrogens with one attached hydrogen (secondary N) is 1. The Balaban J connectivity index is 2.84. The van der Waals surface area contributed by atoms with Crippen molar-refractivity contribution >= 4 is 29.3 Å². The maximum Gasteiger partial charge on any atom is 0.323 e. The van der Waals surface area contributed by atoms with E-state index < -0.39 is 31.5 Å². The minimum atomic E-state index is -2.71. The summed E-state index contributed by atoms with van der Waals surface area (Å²) in [7, 11) is 0. The van der Waals surface area contributed by atoms with Crippen molar-refractivity contribution in [3.63, 3.8) is 0 Å². The molecule has 1 rings (SSSR count). The van der Waals surface area contributed by atoms with E-state index >= 15 is 0 Å². The van der Waals surface area contributed by atoms with Crippen molar-refractivity contribution in [2.75, 3.05) is 18.0 Å². The third-order valence-corrected chi connectivity index (χ3v) is 2.34. The molecule has 0 aliphatic carbocycles. The summed E-state index contributed by atoms with van der Waals surface area (Å²) < 4.78 is 24.0. The van der Waals surface area contributed by atoms with E-state index in [1.165, 1.54) is 24.3 Å². The normalized spacial score (nSPS) is 10.3. The molecule has 0 spiro atoms. The van der Waals surface area contributed by atoms with E-state index in [-0.39, 0.29) is 5.69 Å². The molecule has 0 saturated carbocycles. The van der Waals surface area contributed by atoms with Gasteiger partial charge in [0.1, 0.15) is 6.54 Å². The van der Waals surface area contributed by atoms with Gasteiger partial charge in [0.2, 0.25) is 0 Å². The smallest absolute Gasteiger partial charge is 0.323 e. The van der Waals surface area contributed by atoms with Gasteiger partial charge >= 0.3 is 12.0 Å². The molecule has 0 fully saturated rings. The molecule has 19 heavy (non-hydrogen) atoms. The molecule has 0 saturated heterocycles. The fourth-order valence-electron chi connectivity index (χ4n) is 1.30. The van der Waals surface area contributed by atoms with Crippen LogP contribution < -0.4 is 10.2 Å². The Bertz CT molecular complexity index is 454. The monoisotopic (exact) mass is 292 g/mol. The van der Waals surface area contributed by atoms with E-state index in [0.29, 0.717) is 5.02 Å². The first-order valence-electron chi connectivity index (χ1n) is 5.21. The summed E-state index contributed by atoms with van der Waals surface area (Å²) in [5.74, 6) is -1.26. The number of amides is 2. The fraction of sp³-hybridized carbons (Fsp3) is 0.273. The van der Waals surface area contributed by atoms with Crippen LogP contribution in [-0.2, 0) is 4.79 Å². The summed E-state index contributed by atoms with van der Waals surface area (Å²) in [6.45, 7) is -1.49. The van der Waals surface area contributed by atoms with Gasteiger partial charge in [-0.3, -0.25) is 9.69 Å². The average molecular weight is 293 g/mol. The van der Waals surface area contributed by atoms with Gasteiger partial charge in [0.05, 0.1) is 6.54 Å². The van der Waals surface area contributed by atoms with Crippen LogP contribution in [0.1, 0.15) is 0 Å². The van der Waals surface area contributed by atoms with E-state index in [9.17, 15) is 18.4 Å². The quantitative estimate of drug-likeness (QED) is 0.874. The summed E-state index contributed by atoms with van der Waals surface area (Å²) >= 11 is 5.67. The highest BCUT2D eigenvalue weighted by molar-refractivity contribution is 6.30. The van der Waals surface area contributed by atoms with E-state index in [0.717, 1.165) is 4.90 Å². The van der Waals surface area contributed by atoms with Gasteiger partial charge in [0.25, 0.3) is 6.43 Å². The van der Waals surface area contributed by atoms with E-state index in [2.05, 4.69) is 0 Å². The third-order valence-electron chi connectivity index (χ3n) is 2.08. The van der Waals surface area contributed by atoms with Crippen molar-refractivity contribution in [2.45, 2.75) is 6.43 Å². The molecule has 8 heteroatoms. The highest BCUT2D eigenvalue weighted by Gasteiger charge is 2.19. The van der Waals surface area contributed by atoms with Crippen LogP contribution in [0, 0.1) is 0 Å². The van der Waals surface area contributed by atoms with Crippen LogP contribution in [0.5, 0.6) is 0 Å². The van der Waals surface area contributed by atoms with E-state index in [4.69, 9.17) is 16.7 Å². The number of hydrogen-bond donors (Lipinski definition) is 2. The molecule has 5 nitrogen and oxygen atoms in total. The van der Waals surface area contributed by atoms with Gasteiger partial charge < -0.3 is 10.4 Å². The molecule has 1 aromatic carbocycles. The molecule has 1 aromatic rings. The molecule has 0 aromatic heterocycles. The molecule has 0 heterocycles. The SMILES string of the molecule is O=C(O)CN(C(=O)NCC(F)F)c1ccc(Cl)cc1. The van der Waals surface area contributed by atoms with Gasteiger partial charge in [0.15, 0.2) is 0 Å². The first-order chi connectivity index (χ1) is 8.90. The van der Waals surface area contributed by atoms with E-state index in [1.807, 2.05) is 5.32 Å². The summed E-state index contributed by atoms with van der Waals surface area (Å²) in [6.07, 6.45) is -2.71. The van der Waals surface area contributed by atoms with Crippen molar-refractivity contribution < 1.29 is 23.5 Å². The van der Waals surface area contributed by atoms with Crippen LogP contribution >= 0.6 is 11.6 Å². The summed E-state index contributed by atoms with van der Waals surface area (Å²) in [5.41, 5.74) is 0.249. The first-order valence-corrected chi connectivity index (χ1v) is 5.59. The van der Waals surface area contributed by atoms with Crippen LogP contribution in [0.15, 0.2) is 24.3 Å². The Morgan fingerprint density at radius 2 is 1.89 bits per heavy atom. The number of carbonyl (C=O) groups is 2. The number of hydrogen-bond acceptors (Lipinski definition) is 2. The highest BCUT2D eigenvalue weighted by atomic mass is 35.5. The van der Waals surface area contributed by atoms with Crippen LogP contribution in [0.2, 0.25) is 5.02 Å². The van der Waals surface area contributed by atoms with Crippen molar-refractivity contribution in [3.05, 3.63) is 29.3 Å². The van der Waals surface area contributed by atoms with E-state index in [1.54, 1.807) is 0 Å². The van der Waals surface area contributed by atoms with Crippen LogP contribution in [0.3, 0.4) is 0 Å². The molecular weight excluding hydrogens is 282 g/mol. The molecule has 104 valence electrons. The van der Waals surface area contributed by atoms with Gasteiger partial charge in [0, 0.05) is 10.7 Å². The molecular formula is C11H11ClF2N2O3. The largest absolute Gasteiger partial charge is 0.480 e. The number of halogens is 3. The lowest BCUT2D eigenvalue weighted by Crippen LogP contribution is -2.44. The Morgan fingerprint density at radius 1 is 1.32 bits per heavy atom. The first kappa shape index (κ1) is 15.2. The lowest BCUT2D eigenvalue weighted by atomic mass is 10.3. The van der Waals surface area contributed by atoms with Crippen molar-refractivity contribution in [2.24, 2.45) is 0 Å². The van der Waals surface area contributed by atoms with Crippen molar-refractivity contribution in [1.82, 2.24) is 5.32 Å². The molecule has 0 radical (unpaired) electrons. The molecule has 0 aliphatic heterocycles. The molecule has 2 amide bonds. The van der Waals surface area contributed by atoms with Crippen molar-refractivity contribution in [3.8, 4) is 0 Å². The van der Waals surface area contributed by atoms with Crippen molar-refractivity contribution in [1.29, 1.82) is 0 Å². The number of carbonyl (C=O) groups excluding carboxylic acids is 1. The highest BCUT2D eigenvalue weighted by Crippen LogP contribution is 2.18. The van der Waals surface area contributed by atoms with Gasteiger partial charge in [-0.1, -0.05) is 11.6 Å². The molecule has 0 bridgehead atoms. The number of urea groups is 1. The number of nitrogens with zero attached hydrogens (tertiary/aromatic N) is 1. The standard InChI is InChI=1S/C11H11ClF2N2O3/c12-7-1-3-8(4-2-7)16(6-10(17)18)11(19)15-5-9(13)14/h1-4,9H,5-6H2,(H,15,19)(H,17,18). The van der Waals surface area contributed by atoms with Crippen LogP contribution in [0.25, 0.3) is 0 Å². The van der Waals surface area contributed by atoms with Gasteiger partial charge in [-0.15, -0.1) is 0 Å². The summed E-state index contributed by atoms with van der Waals surface area (Å²) in [4.78, 5) is 23.2. The number of aliphatic carboxylic acids is 1. The molecule has 2 N–H and O–H groups in total. The number of rotatable bonds is 5. The Labute approximate surface area is 112 Å². The third kappa shape index (κ3) is 5.09. The number of carboxylic acid groups (broad SMARTS) is 1. The van der Waals surface area contributed by atoms with Crippen LogP contribution in [0.4, 0.5) is 19.3 Å². The van der Waals surface area contributed by atoms with Gasteiger partial charge in [-0.25, -0.2) is 13.6 Å². The zero-order chi connectivity index (χ0) is 14.4. The topological polar surface area (TPSA) is 69.6 Å².